The summed E-state index contributed by atoms with van der Waals surface area (Å²) >= 11 is 0. The second-order valence-corrected chi connectivity index (χ2v) is 16.2. The van der Waals surface area contributed by atoms with Gasteiger partial charge in [-0.15, -0.1) is 0 Å². The van der Waals surface area contributed by atoms with Gasteiger partial charge in [-0.25, -0.2) is 19.9 Å². The lowest BCUT2D eigenvalue weighted by molar-refractivity contribution is 0.0745. The standard InChI is InChI=1S/C56H47N7O2/c1-3-61(4-2)55(64)44-27-29-47-49(36-44)59-51(39-15-8-5-9-16-39)53(58-47)41-25-23-38(24-26-41)42-19-14-20-43(35-42)54-52(40-17-10-6-11-18-40)57-48-30-28-45(37-50(48)60-54)56(65)63-33-31-62(32-34-63)46-21-12-7-13-22-46/h5-30,35-37H,3-4,31-34H2,1-2H3. The normalized spacial score (nSPS) is 12.7. The Kier molecular flexibility index (Phi) is 11.3. The largest absolute Gasteiger partial charge is 0.368 e. The summed E-state index contributed by atoms with van der Waals surface area (Å²) in [6.45, 7) is 8.10. The second kappa shape index (κ2) is 18.0. The van der Waals surface area contributed by atoms with Crippen LogP contribution in [-0.2, 0) is 0 Å². The number of piperazine rings is 1. The van der Waals surface area contributed by atoms with Gasteiger partial charge < -0.3 is 14.7 Å². The smallest absolute Gasteiger partial charge is 0.254 e. The molecule has 1 aliphatic heterocycles. The minimum Gasteiger partial charge on any atom is -0.368 e. The molecular formula is C56H47N7O2. The van der Waals surface area contributed by atoms with Crippen LogP contribution in [0.5, 0.6) is 0 Å². The third kappa shape index (κ3) is 8.32. The number of amides is 2. The van der Waals surface area contributed by atoms with Crippen molar-refractivity contribution in [2.75, 3.05) is 44.2 Å². The lowest BCUT2D eigenvalue weighted by atomic mass is 9.97. The summed E-state index contributed by atoms with van der Waals surface area (Å²) in [6.07, 6.45) is 0. The third-order valence-electron chi connectivity index (χ3n) is 12.3. The first-order valence-electron chi connectivity index (χ1n) is 22.3. The second-order valence-electron chi connectivity index (χ2n) is 16.2. The number of hydrogen-bond donors (Lipinski definition) is 0. The van der Waals surface area contributed by atoms with Gasteiger partial charge in [0.25, 0.3) is 11.8 Å². The molecule has 0 N–H and O–H groups in total. The molecule has 0 unspecified atom stereocenters. The Morgan fingerprint density at radius 3 is 1.45 bits per heavy atom. The molecule has 0 saturated carbocycles. The Bertz CT molecular complexity index is 3170. The minimum absolute atomic E-state index is 0.00241. The average Bonchev–Trinajstić information content (AvgIpc) is 3.38. The average molecular weight is 850 g/mol. The molecule has 65 heavy (non-hydrogen) atoms. The minimum atomic E-state index is -0.0157. The Labute approximate surface area is 378 Å². The molecule has 0 bridgehead atoms. The van der Waals surface area contributed by atoms with Crippen LogP contribution in [0.25, 0.3) is 78.2 Å². The van der Waals surface area contributed by atoms with E-state index in [1.807, 2.05) is 127 Å². The summed E-state index contributed by atoms with van der Waals surface area (Å²) in [5.74, 6) is -0.0133. The molecular weight excluding hydrogens is 803 g/mol. The predicted molar refractivity (Wildman–Crippen MR) is 262 cm³/mol. The molecule has 1 fully saturated rings. The lowest BCUT2D eigenvalue weighted by Crippen LogP contribution is -2.48. The Hall–Kier alpha value is -8.04. The monoisotopic (exact) mass is 849 g/mol. The number of hydrogen-bond acceptors (Lipinski definition) is 7. The van der Waals surface area contributed by atoms with Crippen molar-refractivity contribution < 1.29 is 9.59 Å². The summed E-state index contributed by atoms with van der Waals surface area (Å²) in [5.41, 5.74) is 14.0. The fraction of sp³-hybridized carbons (Fsp3) is 0.143. The van der Waals surface area contributed by atoms with Crippen LogP contribution in [0, 0.1) is 0 Å². The zero-order chi connectivity index (χ0) is 44.3. The SMILES string of the molecule is CCN(CC)C(=O)c1ccc2nc(-c3ccc(-c4cccc(-c5nc6cc(C(=O)N7CCN(c8ccccc8)CC7)ccc6nc5-c5ccccc5)c4)cc3)c(-c3ccccc3)nc2c1. The molecule has 3 heterocycles. The molecule has 0 atom stereocenters. The number of carbonyl (C=O) groups is 2. The summed E-state index contributed by atoms with van der Waals surface area (Å²) < 4.78 is 0. The number of carbonyl (C=O) groups excluding carboxylic acids is 2. The first-order valence-corrected chi connectivity index (χ1v) is 22.3. The van der Waals surface area contributed by atoms with E-state index in [0.29, 0.717) is 48.3 Å². The predicted octanol–water partition coefficient (Wildman–Crippen LogP) is 11.4. The van der Waals surface area contributed by atoms with Crippen molar-refractivity contribution in [2.45, 2.75) is 13.8 Å². The maximum atomic E-state index is 13.9. The van der Waals surface area contributed by atoms with Gasteiger partial charge in [-0.3, -0.25) is 9.59 Å². The molecule has 10 rings (SSSR count). The van der Waals surface area contributed by atoms with E-state index in [9.17, 15) is 9.59 Å². The van der Waals surface area contributed by atoms with Crippen LogP contribution in [0.4, 0.5) is 5.69 Å². The van der Waals surface area contributed by atoms with Crippen LogP contribution < -0.4 is 4.90 Å². The number of aromatic nitrogens is 4. The van der Waals surface area contributed by atoms with Crippen LogP contribution in [-0.4, -0.2) is 80.8 Å². The van der Waals surface area contributed by atoms with E-state index in [1.54, 1.807) is 0 Å². The highest BCUT2D eigenvalue weighted by atomic mass is 16.2. The van der Waals surface area contributed by atoms with Crippen molar-refractivity contribution in [2.24, 2.45) is 0 Å². The van der Waals surface area contributed by atoms with E-state index < -0.39 is 0 Å². The molecule has 0 aliphatic carbocycles. The molecule has 2 amide bonds. The topological polar surface area (TPSA) is 95.4 Å². The van der Waals surface area contributed by atoms with Gasteiger partial charge in [0.2, 0.25) is 0 Å². The van der Waals surface area contributed by atoms with Gasteiger partial charge in [0.1, 0.15) is 0 Å². The Morgan fingerprint density at radius 1 is 0.431 bits per heavy atom. The molecule has 9 aromatic rings. The summed E-state index contributed by atoms with van der Waals surface area (Å²) in [4.78, 5) is 54.0. The molecule has 9 heteroatoms. The van der Waals surface area contributed by atoms with E-state index in [0.717, 1.165) is 80.3 Å². The van der Waals surface area contributed by atoms with Gasteiger partial charge in [0.15, 0.2) is 0 Å². The fourth-order valence-corrected chi connectivity index (χ4v) is 8.72. The lowest BCUT2D eigenvalue weighted by Gasteiger charge is -2.36. The molecule has 9 nitrogen and oxygen atoms in total. The van der Waals surface area contributed by atoms with Crippen molar-refractivity contribution in [3.63, 3.8) is 0 Å². The van der Waals surface area contributed by atoms with Gasteiger partial charge >= 0.3 is 0 Å². The van der Waals surface area contributed by atoms with Crippen molar-refractivity contribution in [1.82, 2.24) is 29.7 Å². The third-order valence-corrected chi connectivity index (χ3v) is 12.3. The van der Waals surface area contributed by atoms with Crippen molar-refractivity contribution in [3.8, 4) is 56.2 Å². The highest BCUT2D eigenvalue weighted by molar-refractivity contribution is 5.99. The zero-order valence-corrected chi connectivity index (χ0v) is 36.4. The number of benzene rings is 7. The number of para-hydroxylation sites is 1. The molecule has 7 aromatic carbocycles. The van der Waals surface area contributed by atoms with Crippen LogP contribution in [0.15, 0.2) is 176 Å². The van der Waals surface area contributed by atoms with Crippen LogP contribution in [0.2, 0.25) is 0 Å². The molecule has 2 aromatic heterocycles. The van der Waals surface area contributed by atoms with E-state index in [-0.39, 0.29) is 11.8 Å². The summed E-state index contributed by atoms with van der Waals surface area (Å²) in [5, 5.41) is 0. The van der Waals surface area contributed by atoms with Crippen LogP contribution >= 0.6 is 0 Å². The number of rotatable bonds is 10. The van der Waals surface area contributed by atoms with Crippen molar-refractivity contribution in [3.05, 3.63) is 187 Å². The molecule has 0 spiro atoms. The summed E-state index contributed by atoms with van der Waals surface area (Å²) in [7, 11) is 0. The first kappa shape index (κ1) is 41.0. The Morgan fingerprint density at radius 2 is 0.877 bits per heavy atom. The number of fused-ring (bicyclic) bond motifs is 2. The first-order chi connectivity index (χ1) is 31.9. The van der Waals surface area contributed by atoms with Gasteiger partial charge in [0.05, 0.1) is 44.8 Å². The molecule has 1 saturated heterocycles. The molecule has 318 valence electrons. The number of nitrogens with zero attached hydrogens (tertiary/aromatic N) is 7. The van der Waals surface area contributed by atoms with Crippen LogP contribution in [0.1, 0.15) is 34.6 Å². The fourth-order valence-electron chi connectivity index (χ4n) is 8.72. The van der Waals surface area contributed by atoms with Crippen molar-refractivity contribution in [1.29, 1.82) is 0 Å². The van der Waals surface area contributed by atoms with Gasteiger partial charge in [-0.05, 0) is 79.6 Å². The highest BCUT2D eigenvalue weighted by Gasteiger charge is 2.24. The quantitative estimate of drug-likeness (QED) is 0.135. The maximum absolute atomic E-state index is 13.9. The number of anilines is 1. The van der Waals surface area contributed by atoms with Gasteiger partial charge in [-0.2, -0.15) is 0 Å². The van der Waals surface area contributed by atoms with Gasteiger partial charge in [-0.1, -0.05) is 121 Å². The van der Waals surface area contributed by atoms with Crippen molar-refractivity contribution >= 4 is 39.6 Å². The molecule has 1 aliphatic rings. The Balaban J connectivity index is 0.973. The van der Waals surface area contributed by atoms with E-state index in [2.05, 4.69) is 77.7 Å². The van der Waals surface area contributed by atoms with Crippen LogP contribution in [0.3, 0.4) is 0 Å². The van der Waals surface area contributed by atoms with E-state index in [4.69, 9.17) is 19.9 Å². The molecule has 0 radical (unpaired) electrons. The summed E-state index contributed by atoms with van der Waals surface area (Å²) in [6, 6.07) is 58.6. The van der Waals surface area contributed by atoms with E-state index in [1.165, 1.54) is 5.69 Å². The zero-order valence-electron chi connectivity index (χ0n) is 36.4. The highest BCUT2D eigenvalue weighted by Crippen LogP contribution is 2.36. The van der Waals surface area contributed by atoms with E-state index >= 15 is 0 Å². The maximum Gasteiger partial charge on any atom is 0.254 e. The van der Waals surface area contributed by atoms with Gasteiger partial charge in [0, 0.05) is 78.3 Å².